The number of thioether (sulfide) groups is 1. The topological polar surface area (TPSA) is 52.0 Å². The summed E-state index contributed by atoms with van der Waals surface area (Å²) in [6.45, 7) is 3.96. The van der Waals surface area contributed by atoms with Crippen LogP contribution in [0.1, 0.15) is 20.8 Å². The molecule has 28 heavy (non-hydrogen) atoms. The zero-order valence-corrected chi connectivity index (χ0v) is 17.1. The molecule has 0 bridgehead atoms. The highest BCUT2D eigenvalue weighted by molar-refractivity contribution is 7.99. The molecule has 4 aromatic rings. The van der Waals surface area contributed by atoms with Crippen molar-refractivity contribution < 1.29 is 4.79 Å². The maximum atomic E-state index is 13.4. The lowest BCUT2D eigenvalue weighted by Gasteiger charge is -2.17. The van der Waals surface area contributed by atoms with Crippen LogP contribution in [0.4, 0.5) is 0 Å². The summed E-state index contributed by atoms with van der Waals surface area (Å²) in [5.74, 6) is 0.270. The Kier molecular flexibility index (Phi) is 5.15. The molecule has 0 radical (unpaired) electrons. The number of rotatable bonds is 5. The fourth-order valence-corrected chi connectivity index (χ4v) is 4.84. The molecule has 6 heteroatoms. The number of thiophene rings is 1. The number of hydrogen-bond acceptors (Lipinski definition) is 5. The molecule has 0 fully saturated rings. The third-order valence-corrected chi connectivity index (χ3v) is 6.39. The molecule has 2 aromatic heterocycles. The zero-order chi connectivity index (χ0) is 19.7. The average Bonchev–Trinajstić information content (AvgIpc) is 3.23. The van der Waals surface area contributed by atoms with Crippen LogP contribution in [-0.2, 0) is 0 Å². The van der Waals surface area contributed by atoms with Gasteiger partial charge in [-0.05, 0) is 48.6 Å². The Labute approximate surface area is 170 Å². The van der Waals surface area contributed by atoms with Gasteiger partial charge in [0.05, 0.1) is 27.2 Å². The van der Waals surface area contributed by atoms with Gasteiger partial charge in [0.2, 0.25) is 0 Å². The van der Waals surface area contributed by atoms with Crippen LogP contribution in [0.25, 0.3) is 16.6 Å². The number of fused-ring (bicyclic) bond motifs is 1. The molecule has 2 heterocycles. The van der Waals surface area contributed by atoms with Crippen LogP contribution in [0, 0.1) is 13.8 Å². The van der Waals surface area contributed by atoms with Crippen molar-refractivity contribution in [3.05, 3.63) is 86.3 Å². The molecular formula is C22H18N2O2S2. The molecule has 0 atom stereocenters. The number of para-hydroxylation sites is 2. The number of benzene rings is 2. The minimum absolute atomic E-state index is 0.0375. The fraction of sp³-hybridized carbons (Fsp3) is 0.136. The molecule has 2 aromatic carbocycles. The van der Waals surface area contributed by atoms with Crippen LogP contribution in [-0.4, -0.2) is 21.1 Å². The lowest BCUT2D eigenvalue weighted by atomic mass is 10.1. The molecule has 0 spiro atoms. The van der Waals surface area contributed by atoms with Gasteiger partial charge in [-0.2, -0.15) is 0 Å². The van der Waals surface area contributed by atoms with E-state index in [4.69, 9.17) is 4.98 Å². The number of aryl methyl sites for hydroxylation is 2. The van der Waals surface area contributed by atoms with E-state index >= 15 is 0 Å². The number of carbonyl (C=O) groups excluding carboxylic acids is 1. The highest BCUT2D eigenvalue weighted by atomic mass is 32.2. The number of ketones is 1. The first-order valence-corrected chi connectivity index (χ1v) is 10.7. The van der Waals surface area contributed by atoms with Crippen molar-refractivity contribution in [1.29, 1.82) is 0 Å². The molecule has 0 amide bonds. The Morgan fingerprint density at radius 2 is 1.79 bits per heavy atom. The van der Waals surface area contributed by atoms with Crippen LogP contribution in [0.2, 0.25) is 0 Å². The summed E-state index contributed by atoms with van der Waals surface area (Å²) in [6, 6.07) is 16.9. The largest absolute Gasteiger partial charge is 0.292 e. The minimum Gasteiger partial charge on any atom is -0.292 e. The van der Waals surface area contributed by atoms with Crippen LogP contribution >= 0.6 is 23.1 Å². The average molecular weight is 407 g/mol. The second kappa shape index (κ2) is 7.73. The van der Waals surface area contributed by atoms with Crippen LogP contribution < -0.4 is 5.56 Å². The first-order chi connectivity index (χ1) is 13.6. The molecule has 4 nitrogen and oxygen atoms in total. The van der Waals surface area contributed by atoms with E-state index in [1.54, 1.807) is 10.6 Å². The van der Waals surface area contributed by atoms with Crippen molar-refractivity contribution >= 4 is 39.8 Å². The summed E-state index contributed by atoms with van der Waals surface area (Å²) in [7, 11) is 0. The SMILES string of the molecule is Cc1cccc(C)c1-n1c(SCC(=O)c2cccs2)nc2ccccc2c1=O. The number of aromatic nitrogens is 2. The molecule has 0 unspecified atom stereocenters. The predicted octanol–water partition coefficient (Wildman–Crippen LogP) is 5.04. The molecule has 0 saturated carbocycles. The van der Waals surface area contributed by atoms with Gasteiger partial charge in [-0.1, -0.05) is 48.2 Å². The van der Waals surface area contributed by atoms with Gasteiger partial charge in [0.15, 0.2) is 10.9 Å². The van der Waals surface area contributed by atoms with E-state index in [2.05, 4.69) is 0 Å². The standard InChI is InChI=1S/C22H18N2O2S2/c1-14-7-5-8-15(2)20(14)24-21(26)16-9-3-4-10-17(16)23-22(24)28-13-18(25)19-11-6-12-27-19/h3-12H,13H2,1-2H3. The van der Waals surface area contributed by atoms with E-state index in [0.29, 0.717) is 20.9 Å². The van der Waals surface area contributed by atoms with Gasteiger partial charge in [-0.15, -0.1) is 11.3 Å². The maximum Gasteiger partial charge on any atom is 0.266 e. The van der Waals surface area contributed by atoms with E-state index in [9.17, 15) is 9.59 Å². The highest BCUT2D eigenvalue weighted by Crippen LogP contribution is 2.26. The summed E-state index contributed by atoms with van der Waals surface area (Å²) in [5, 5.41) is 2.99. The first kappa shape index (κ1) is 18.7. The van der Waals surface area contributed by atoms with Crippen molar-refractivity contribution in [3.8, 4) is 5.69 Å². The Morgan fingerprint density at radius 3 is 2.50 bits per heavy atom. The Morgan fingerprint density at radius 1 is 1.04 bits per heavy atom. The number of Topliss-reactive ketones (excluding diaryl/α,β-unsaturated/α-hetero) is 1. The fourth-order valence-electron chi connectivity index (χ4n) is 3.20. The quantitative estimate of drug-likeness (QED) is 0.265. The van der Waals surface area contributed by atoms with E-state index in [1.165, 1.54) is 23.1 Å². The smallest absolute Gasteiger partial charge is 0.266 e. The Bertz CT molecular complexity index is 1210. The third-order valence-electron chi connectivity index (χ3n) is 4.54. The summed E-state index contributed by atoms with van der Waals surface area (Å²) in [6.07, 6.45) is 0. The van der Waals surface area contributed by atoms with Crippen molar-refractivity contribution in [1.82, 2.24) is 9.55 Å². The summed E-state index contributed by atoms with van der Waals surface area (Å²) >= 11 is 2.73. The van der Waals surface area contributed by atoms with Gasteiger partial charge >= 0.3 is 0 Å². The summed E-state index contributed by atoms with van der Waals surface area (Å²) in [5.41, 5.74) is 3.34. The van der Waals surface area contributed by atoms with Crippen LogP contribution in [0.5, 0.6) is 0 Å². The second-order valence-electron chi connectivity index (χ2n) is 6.48. The molecular weight excluding hydrogens is 388 g/mol. The van der Waals surface area contributed by atoms with Gasteiger partial charge in [-0.3, -0.25) is 14.2 Å². The van der Waals surface area contributed by atoms with Gasteiger partial charge < -0.3 is 0 Å². The lowest BCUT2D eigenvalue weighted by Crippen LogP contribution is -2.23. The molecule has 140 valence electrons. The highest BCUT2D eigenvalue weighted by Gasteiger charge is 2.18. The maximum absolute atomic E-state index is 13.4. The van der Waals surface area contributed by atoms with Crippen LogP contribution in [0.15, 0.2) is 69.9 Å². The Hall–Kier alpha value is -2.70. The van der Waals surface area contributed by atoms with Gasteiger partial charge in [0.25, 0.3) is 5.56 Å². The first-order valence-electron chi connectivity index (χ1n) is 8.84. The molecule has 4 rings (SSSR count). The molecule has 0 aliphatic rings. The van der Waals surface area contributed by atoms with Gasteiger partial charge in [0, 0.05) is 0 Å². The predicted molar refractivity (Wildman–Crippen MR) is 116 cm³/mol. The molecule has 0 aliphatic carbocycles. The normalized spacial score (nSPS) is 11.1. The third kappa shape index (κ3) is 3.41. The monoisotopic (exact) mass is 406 g/mol. The van der Waals surface area contributed by atoms with E-state index in [1.807, 2.05) is 67.8 Å². The molecule has 0 aliphatic heterocycles. The number of nitrogens with zero attached hydrogens (tertiary/aromatic N) is 2. The van der Waals surface area contributed by atoms with Crippen molar-refractivity contribution in [2.45, 2.75) is 19.0 Å². The lowest BCUT2D eigenvalue weighted by molar-refractivity contribution is 0.102. The van der Waals surface area contributed by atoms with E-state index in [-0.39, 0.29) is 17.1 Å². The number of hydrogen-bond donors (Lipinski definition) is 0. The van der Waals surface area contributed by atoms with E-state index in [0.717, 1.165) is 16.8 Å². The van der Waals surface area contributed by atoms with E-state index < -0.39 is 0 Å². The molecule has 0 N–H and O–H groups in total. The Balaban J connectivity index is 1.87. The zero-order valence-electron chi connectivity index (χ0n) is 15.5. The minimum atomic E-state index is -0.117. The summed E-state index contributed by atoms with van der Waals surface area (Å²) in [4.78, 5) is 31.3. The van der Waals surface area contributed by atoms with Crippen molar-refractivity contribution in [2.24, 2.45) is 0 Å². The van der Waals surface area contributed by atoms with Crippen LogP contribution in [0.3, 0.4) is 0 Å². The van der Waals surface area contributed by atoms with Crippen molar-refractivity contribution in [2.75, 3.05) is 5.75 Å². The van der Waals surface area contributed by atoms with Gasteiger partial charge in [0.1, 0.15) is 0 Å². The van der Waals surface area contributed by atoms with Gasteiger partial charge in [-0.25, -0.2) is 4.98 Å². The number of carbonyl (C=O) groups is 1. The summed E-state index contributed by atoms with van der Waals surface area (Å²) < 4.78 is 1.65. The van der Waals surface area contributed by atoms with Crippen molar-refractivity contribution in [3.63, 3.8) is 0 Å². The second-order valence-corrected chi connectivity index (χ2v) is 8.37. The molecule has 0 saturated heterocycles.